The second-order valence-corrected chi connectivity index (χ2v) is 17.1. The van der Waals surface area contributed by atoms with Gasteiger partial charge in [0.2, 0.25) is 0 Å². The molecule has 0 fully saturated rings. The van der Waals surface area contributed by atoms with E-state index in [4.69, 9.17) is 5.11 Å². The van der Waals surface area contributed by atoms with Gasteiger partial charge in [-0.3, -0.25) is 4.79 Å². The quantitative estimate of drug-likeness (QED) is 0.0926. The van der Waals surface area contributed by atoms with Gasteiger partial charge in [0.25, 0.3) is 0 Å². The Morgan fingerprint density at radius 2 is 0.821 bits per heavy atom. The fourth-order valence-electron chi connectivity index (χ4n) is 7.64. The first kappa shape index (κ1) is 62.8. The summed E-state index contributed by atoms with van der Waals surface area (Å²) in [6.45, 7) is 7.01. The molecule has 3 radical (unpaired) electrons. The second-order valence-electron chi connectivity index (χ2n) is 17.1. The van der Waals surface area contributed by atoms with Crippen LogP contribution in [0.1, 0.15) is 25.0 Å². The molecule has 7 aromatic carbocycles. The van der Waals surface area contributed by atoms with Crippen molar-refractivity contribution in [1.82, 2.24) is 19.9 Å². The van der Waals surface area contributed by atoms with Crippen LogP contribution in [0.25, 0.3) is 78.4 Å². The molecular formula is C69H56Ir3N4O2-4. The zero-order valence-corrected chi connectivity index (χ0v) is 50.7. The van der Waals surface area contributed by atoms with Crippen LogP contribution >= 0.6 is 0 Å². The molecule has 9 heteroatoms. The number of nitrogens with zero attached hydrogens (tertiary/aromatic N) is 4. The molecule has 1 N–H and O–H groups in total. The van der Waals surface area contributed by atoms with Gasteiger partial charge in [0.05, 0.1) is 5.76 Å². The number of aromatic nitrogens is 4. The standard InChI is InChI=1S/C19H16N.2C17H12N.C11H8N.C5H8O2.3Ir/c1-14-10-15(2)12-18(11-14)19-9-8-17(13-20-19)16-6-4-3-5-7-16;2*1-3-7-14(8-4-1)16-11-12-18-17(13-16)15-9-5-2-6-10-15;1-2-6-10(7-3-1)11-8-4-5-9-12-11;1-4(6)3-5(2)7;;;/h3-11,13H,1-2H3;2*1-9,11-13H;1-6,8-9H;3,6H,1-2H3;;;/q4*-1;;;;. The first-order chi connectivity index (χ1) is 36.7. The van der Waals surface area contributed by atoms with Crippen molar-refractivity contribution in [1.29, 1.82) is 0 Å². The Labute approximate surface area is 500 Å². The molecule has 0 spiro atoms. The number of carbonyl (C=O) groups excluding carboxylic acids is 1. The molecule has 6 nitrogen and oxygen atoms in total. The number of hydrogen-bond donors (Lipinski definition) is 1. The van der Waals surface area contributed by atoms with Gasteiger partial charge >= 0.3 is 0 Å². The van der Waals surface area contributed by atoms with Crippen LogP contribution in [0.4, 0.5) is 0 Å². The fraction of sp³-hybridized carbons (Fsp3) is 0.0580. The average Bonchev–Trinajstić information content (AvgIpc) is 3.47. The molecule has 0 aliphatic carbocycles. The molecule has 0 aliphatic rings. The first-order valence-electron chi connectivity index (χ1n) is 24.4. The summed E-state index contributed by atoms with van der Waals surface area (Å²) in [5.74, 6) is -0.0625. The van der Waals surface area contributed by atoms with E-state index in [2.05, 4.69) is 131 Å². The van der Waals surface area contributed by atoms with Gasteiger partial charge in [-0.2, -0.15) is 0 Å². The molecule has 0 unspecified atom stereocenters. The van der Waals surface area contributed by atoms with Gasteiger partial charge in [0, 0.05) is 91.2 Å². The maximum Gasteiger partial charge on any atom is 0.155 e. The fourth-order valence-corrected chi connectivity index (χ4v) is 7.64. The Balaban J connectivity index is 0.000000215. The summed E-state index contributed by atoms with van der Waals surface area (Å²) in [7, 11) is 0. The largest absolute Gasteiger partial charge is 0.512 e. The third-order valence-corrected chi connectivity index (χ3v) is 11.1. The SMILES string of the molecule is CC(=O)C=C(C)O.Cc1[c-]c(-c2ccc(-c3ccccc3)cn2)cc(C)c1.[Ir].[Ir].[Ir].[c-]1ccccc1-c1cc(-c2ccccc2)ccn1.[c-]1ccccc1-c1cc(-c2ccccc2)ccn1.[c-]1ccccc1-c1ccccn1. The number of benzene rings is 7. The van der Waals surface area contributed by atoms with Crippen LogP contribution in [0.15, 0.2) is 267 Å². The molecule has 0 saturated carbocycles. The molecule has 0 bridgehead atoms. The van der Waals surface area contributed by atoms with Crippen molar-refractivity contribution >= 4 is 5.78 Å². The third kappa shape index (κ3) is 20.7. The van der Waals surface area contributed by atoms with Crippen molar-refractivity contribution in [3.8, 4) is 78.4 Å². The summed E-state index contributed by atoms with van der Waals surface area (Å²) >= 11 is 0. The Kier molecular flexibility index (Phi) is 27.5. The Bertz CT molecular complexity index is 3180. The minimum atomic E-state index is -0.125. The molecule has 0 aliphatic heterocycles. The molecular weight excluding hydrogens is 1490 g/mol. The number of hydrogen-bond acceptors (Lipinski definition) is 6. The Morgan fingerprint density at radius 1 is 0.397 bits per heavy atom. The molecule has 0 amide bonds. The van der Waals surface area contributed by atoms with Gasteiger partial charge in [-0.15, -0.1) is 143 Å². The minimum absolute atomic E-state index is 0. The molecule has 395 valence electrons. The Morgan fingerprint density at radius 3 is 1.19 bits per heavy atom. The molecule has 11 rings (SSSR count). The van der Waals surface area contributed by atoms with Crippen LogP contribution in [-0.2, 0) is 65.1 Å². The number of allylic oxidation sites excluding steroid dienone is 2. The normalized spacial score (nSPS) is 9.92. The monoisotopic (exact) mass is 1550 g/mol. The molecule has 0 saturated heterocycles. The molecule has 11 aromatic rings. The van der Waals surface area contributed by atoms with Crippen LogP contribution in [0.5, 0.6) is 0 Å². The summed E-state index contributed by atoms with van der Waals surface area (Å²) in [4.78, 5) is 27.6. The maximum absolute atomic E-state index is 10.0. The molecule has 4 heterocycles. The molecule has 4 aromatic heterocycles. The summed E-state index contributed by atoms with van der Waals surface area (Å²) in [5, 5.41) is 8.36. The van der Waals surface area contributed by atoms with Crippen molar-refractivity contribution in [3.63, 3.8) is 0 Å². The minimum Gasteiger partial charge on any atom is -0.512 e. The zero-order chi connectivity index (χ0) is 52.5. The predicted molar refractivity (Wildman–Crippen MR) is 307 cm³/mol. The summed E-state index contributed by atoms with van der Waals surface area (Å²) in [6.07, 6.45) is 8.57. The number of carbonyl (C=O) groups is 1. The Hall–Kier alpha value is -7.70. The van der Waals surface area contributed by atoms with Gasteiger partial charge < -0.3 is 25.0 Å². The van der Waals surface area contributed by atoms with Crippen LogP contribution < -0.4 is 0 Å². The van der Waals surface area contributed by atoms with Gasteiger partial charge in [-0.05, 0) is 88.2 Å². The van der Waals surface area contributed by atoms with Crippen molar-refractivity contribution in [2.45, 2.75) is 27.7 Å². The second kappa shape index (κ2) is 34.1. The maximum atomic E-state index is 10.0. The van der Waals surface area contributed by atoms with Crippen LogP contribution in [0.3, 0.4) is 0 Å². The van der Waals surface area contributed by atoms with E-state index in [1.807, 2.05) is 176 Å². The van der Waals surface area contributed by atoms with Gasteiger partial charge in [0.1, 0.15) is 0 Å². The zero-order valence-electron chi connectivity index (χ0n) is 43.5. The number of rotatable bonds is 8. The summed E-state index contributed by atoms with van der Waals surface area (Å²) in [6, 6.07) is 90.0. The van der Waals surface area contributed by atoms with Crippen molar-refractivity contribution in [3.05, 3.63) is 303 Å². The number of aliphatic hydroxyl groups excluding tert-OH is 1. The van der Waals surface area contributed by atoms with Gasteiger partial charge in [-0.25, -0.2) is 0 Å². The number of ketones is 1. The smallest absolute Gasteiger partial charge is 0.155 e. The van der Waals surface area contributed by atoms with Gasteiger partial charge in [0.15, 0.2) is 5.78 Å². The molecule has 78 heavy (non-hydrogen) atoms. The van der Waals surface area contributed by atoms with E-state index in [-0.39, 0.29) is 71.9 Å². The first-order valence-corrected chi connectivity index (χ1v) is 24.4. The number of aliphatic hydroxyl groups is 1. The topological polar surface area (TPSA) is 88.9 Å². The van der Waals surface area contributed by atoms with Crippen LogP contribution in [0.2, 0.25) is 0 Å². The van der Waals surface area contributed by atoms with E-state index < -0.39 is 0 Å². The summed E-state index contributed by atoms with van der Waals surface area (Å²) in [5.41, 5.74) is 17.5. The average molecular weight is 1550 g/mol. The predicted octanol–water partition coefficient (Wildman–Crippen LogP) is 16.8. The van der Waals surface area contributed by atoms with E-state index in [1.165, 1.54) is 53.3 Å². The molecule has 0 atom stereocenters. The number of aryl methyl sites for hydroxylation is 2. The van der Waals surface area contributed by atoms with Crippen LogP contribution in [0, 0.1) is 38.1 Å². The van der Waals surface area contributed by atoms with E-state index in [0.717, 1.165) is 56.2 Å². The van der Waals surface area contributed by atoms with E-state index in [9.17, 15) is 4.79 Å². The van der Waals surface area contributed by atoms with Crippen molar-refractivity contribution in [2.24, 2.45) is 0 Å². The summed E-state index contributed by atoms with van der Waals surface area (Å²) < 4.78 is 0. The van der Waals surface area contributed by atoms with Crippen LogP contribution in [-0.4, -0.2) is 30.8 Å². The number of pyridine rings is 4. The third-order valence-electron chi connectivity index (χ3n) is 11.1. The van der Waals surface area contributed by atoms with Crippen molar-refractivity contribution < 1.29 is 70.2 Å². The van der Waals surface area contributed by atoms with E-state index in [1.54, 1.807) is 6.20 Å². The van der Waals surface area contributed by atoms with E-state index >= 15 is 0 Å². The van der Waals surface area contributed by atoms with E-state index in [0.29, 0.717) is 0 Å². The van der Waals surface area contributed by atoms with Crippen molar-refractivity contribution in [2.75, 3.05) is 0 Å². The van der Waals surface area contributed by atoms with Gasteiger partial charge in [-0.1, -0.05) is 141 Å².